The molecule has 0 bridgehead atoms. The van der Waals surface area contributed by atoms with Crippen LogP contribution in [0.4, 0.5) is 0 Å². The Kier molecular flexibility index (Phi) is 6.90. The fourth-order valence-electron chi connectivity index (χ4n) is 2.01. The Morgan fingerprint density at radius 3 is 1.08 bits per heavy atom. The van der Waals surface area contributed by atoms with Gasteiger partial charge in [0.1, 0.15) is 36.6 Å². The zero-order chi connectivity index (χ0) is 19.1. The van der Waals surface area contributed by atoms with Crippen molar-refractivity contribution in [2.45, 2.75) is 36.6 Å². The molecule has 1 rings (SSSR count). The molecule has 18 heteroatoms. The smallest absolute Gasteiger partial charge is 0.387 e. The van der Waals surface area contributed by atoms with Crippen LogP contribution in [0.15, 0.2) is 0 Å². The van der Waals surface area contributed by atoms with Gasteiger partial charge in [-0.25, -0.2) is 13.7 Å². The van der Waals surface area contributed by atoms with Crippen molar-refractivity contribution in [1.29, 1.82) is 0 Å². The highest BCUT2D eigenvalue weighted by Gasteiger charge is 2.56. The highest BCUT2D eigenvalue weighted by atomic mass is 31.2. The van der Waals surface area contributed by atoms with E-state index in [0.29, 0.717) is 0 Å². The van der Waals surface area contributed by atoms with E-state index >= 15 is 0 Å². The maximum Gasteiger partial charge on any atom is 0.470 e. The minimum Gasteiger partial charge on any atom is -0.387 e. The van der Waals surface area contributed by atoms with E-state index in [0.717, 1.165) is 0 Å². The SMILES string of the molecule is O=P(O)(O)O[C@@H]1[C@@H](O)[C@@H](OP(=O)(O)O)[C@H](OP(=O)(O)O)[C@H](O)[C@@H]1O. The molecule has 0 radical (unpaired) electrons. The van der Waals surface area contributed by atoms with Gasteiger partial charge in [0.05, 0.1) is 0 Å². The summed E-state index contributed by atoms with van der Waals surface area (Å²) in [6.07, 6.45) is -14.3. The van der Waals surface area contributed by atoms with E-state index in [1.54, 1.807) is 0 Å². The van der Waals surface area contributed by atoms with Gasteiger partial charge in [0, 0.05) is 0 Å². The summed E-state index contributed by atoms with van der Waals surface area (Å²) in [5, 5.41) is 29.3. The molecule has 0 saturated heterocycles. The van der Waals surface area contributed by atoms with Crippen molar-refractivity contribution >= 4 is 23.5 Å². The average Bonchev–Trinajstić information content (AvgIpc) is 2.32. The third-order valence-corrected chi connectivity index (χ3v) is 4.35. The van der Waals surface area contributed by atoms with Gasteiger partial charge in [-0.15, -0.1) is 0 Å². The summed E-state index contributed by atoms with van der Waals surface area (Å²) in [6.45, 7) is 0. The number of hydrogen-bond acceptors (Lipinski definition) is 9. The second kappa shape index (κ2) is 7.45. The predicted molar refractivity (Wildman–Crippen MR) is 68.8 cm³/mol. The lowest BCUT2D eigenvalue weighted by Gasteiger charge is -2.44. The van der Waals surface area contributed by atoms with E-state index in [1.807, 2.05) is 0 Å². The Balaban J connectivity index is 3.23. The van der Waals surface area contributed by atoms with Gasteiger partial charge in [-0.2, -0.15) is 0 Å². The van der Waals surface area contributed by atoms with Gasteiger partial charge in [-0.3, -0.25) is 13.6 Å². The van der Waals surface area contributed by atoms with Crippen LogP contribution in [0.25, 0.3) is 0 Å². The zero-order valence-corrected chi connectivity index (χ0v) is 14.0. The zero-order valence-electron chi connectivity index (χ0n) is 11.3. The normalized spacial score (nSPS) is 35.9. The fourth-order valence-corrected chi connectivity index (χ4v) is 3.70. The summed E-state index contributed by atoms with van der Waals surface area (Å²) in [4.78, 5) is 52.4. The molecular formula is C6H15O15P3. The maximum absolute atomic E-state index is 10.9. The third-order valence-electron chi connectivity index (χ3n) is 2.80. The van der Waals surface area contributed by atoms with Crippen molar-refractivity contribution in [3.05, 3.63) is 0 Å². The third kappa shape index (κ3) is 6.50. The van der Waals surface area contributed by atoms with E-state index in [4.69, 9.17) is 29.4 Å². The second-order valence-corrected chi connectivity index (χ2v) is 8.23. The van der Waals surface area contributed by atoms with Crippen molar-refractivity contribution < 1.29 is 71.9 Å². The standard InChI is InChI=1S/C6H15O15P3/c7-1-2(8)5(20-23(13,14)15)6(21-24(16,17)18)3(9)4(1)19-22(10,11)12/h1-9H,(H2,10,11,12)(H2,13,14,15)(H2,16,17,18)/t1-,2+,3+,4-,5+,6+/m0/s1. The molecule has 15 nitrogen and oxygen atoms in total. The largest absolute Gasteiger partial charge is 0.470 e. The quantitative estimate of drug-likeness (QED) is 0.189. The summed E-state index contributed by atoms with van der Waals surface area (Å²) in [5.74, 6) is 0. The summed E-state index contributed by atoms with van der Waals surface area (Å²) in [6, 6.07) is 0. The number of aliphatic hydroxyl groups excluding tert-OH is 3. The molecule has 6 atom stereocenters. The van der Waals surface area contributed by atoms with E-state index in [9.17, 15) is 29.0 Å². The van der Waals surface area contributed by atoms with Crippen molar-refractivity contribution in [2.75, 3.05) is 0 Å². The summed E-state index contributed by atoms with van der Waals surface area (Å²) >= 11 is 0. The van der Waals surface area contributed by atoms with Crippen LogP contribution in [0.5, 0.6) is 0 Å². The number of phosphoric acid groups is 3. The molecule has 24 heavy (non-hydrogen) atoms. The molecule has 1 fully saturated rings. The van der Waals surface area contributed by atoms with Gasteiger partial charge in [0.25, 0.3) is 0 Å². The van der Waals surface area contributed by atoms with Crippen LogP contribution in [0.1, 0.15) is 0 Å². The van der Waals surface area contributed by atoms with Crippen LogP contribution in [-0.4, -0.2) is 81.3 Å². The monoisotopic (exact) mass is 420 g/mol. The first-order valence-electron chi connectivity index (χ1n) is 5.78. The molecular weight excluding hydrogens is 405 g/mol. The highest BCUT2D eigenvalue weighted by Crippen LogP contribution is 2.49. The molecule has 0 aromatic carbocycles. The first-order chi connectivity index (χ1) is 10.5. The van der Waals surface area contributed by atoms with Gasteiger partial charge in [0.15, 0.2) is 0 Å². The van der Waals surface area contributed by atoms with Gasteiger partial charge >= 0.3 is 23.5 Å². The average molecular weight is 420 g/mol. The second-order valence-electron chi connectivity index (χ2n) is 4.65. The van der Waals surface area contributed by atoms with E-state index < -0.39 is 60.1 Å². The molecule has 0 spiro atoms. The van der Waals surface area contributed by atoms with Crippen molar-refractivity contribution in [1.82, 2.24) is 0 Å². The Labute approximate surface area is 133 Å². The molecule has 1 aliphatic rings. The summed E-state index contributed by atoms with van der Waals surface area (Å²) < 4.78 is 44.7. The lowest BCUT2D eigenvalue weighted by atomic mass is 9.85. The molecule has 1 aliphatic carbocycles. The molecule has 0 unspecified atom stereocenters. The lowest BCUT2D eigenvalue weighted by molar-refractivity contribution is -0.212. The van der Waals surface area contributed by atoms with E-state index in [-0.39, 0.29) is 0 Å². The molecule has 0 aromatic heterocycles. The van der Waals surface area contributed by atoms with Gasteiger partial charge in [0.2, 0.25) is 0 Å². The molecule has 0 aliphatic heterocycles. The van der Waals surface area contributed by atoms with Crippen molar-refractivity contribution in [3.63, 3.8) is 0 Å². The van der Waals surface area contributed by atoms with Crippen LogP contribution in [-0.2, 0) is 27.3 Å². The number of rotatable bonds is 6. The van der Waals surface area contributed by atoms with E-state index in [1.165, 1.54) is 0 Å². The first-order valence-corrected chi connectivity index (χ1v) is 10.4. The van der Waals surface area contributed by atoms with Crippen molar-refractivity contribution in [3.8, 4) is 0 Å². The van der Waals surface area contributed by atoms with Crippen molar-refractivity contribution in [2.24, 2.45) is 0 Å². The Bertz CT molecular complexity index is 574. The molecule has 0 amide bonds. The molecule has 0 heterocycles. The van der Waals surface area contributed by atoms with Crippen LogP contribution < -0.4 is 0 Å². The summed E-state index contributed by atoms with van der Waals surface area (Å²) in [5.41, 5.74) is 0. The van der Waals surface area contributed by atoms with E-state index in [2.05, 4.69) is 13.6 Å². The van der Waals surface area contributed by atoms with Gasteiger partial charge in [-0.05, 0) is 0 Å². The molecule has 9 N–H and O–H groups in total. The predicted octanol–water partition coefficient (Wildman–Crippen LogP) is -3.48. The number of aliphatic hydroxyl groups is 3. The first kappa shape index (κ1) is 22.3. The molecule has 144 valence electrons. The lowest BCUT2D eigenvalue weighted by Crippen LogP contribution is -2.65. The van der Waals surface area contributed by atoms with Crippen LogP contribution in [0.2, 0.25) is 0 Å². The topological polar surface area (TPSA) is 261 Å². The van der Waals surface area contributed by atoms with Crippen LogP contribution in [0, 0.1) is 0 Å². The number of phosphoric ester groups is 3. The van der Waals surface area contributed by atoms with Gasteiger partial charge in [-0.1, -0.05) is 0 Å². The van der Waals surface area contributed by atoms with Gasteiger partial charge < -0.3 is 44.7 Å². The summed E-state index contributed by atoms with van der Waals surface area (Å²) in [7, 11) is -16.2. The number of hydrogen-bond donors (Lipinski definition) is 9. The minimum atomic E-state index is -5.43. The fraction of sp³-hybridized carbons (Fsp3) is 1.00. The molecule has 0 aromatic rings. The highest BCUT2D eigenvalue weighted by molar-refractivity contribution is 7.46. The minimum absolute atomic E-state index is 2.32. The molecule has 1 saturated carbocycles. The Morgan fingerprint density at radius 1 is 0.500 bits per heavy atom. The van der Waals surface area contributed by atoms with Crippen LogP contribution in [0.3, 0.4) is 0 Å². The maximum atomic E-state index is 10.9. The van der Waals surface area contributed by atoms with Crippen LogP contribution >= 0.6 is 23.5 Å². The Morgan fingerprint density at radius 2 is 0.750 bits per heavy atom. The Hall–Kier alpha value is 0.210.